The molecule has 10 nitrogen and oxygen atoms in total. The third kappa shape index (κ3) is 5.88. The maximum Gasteiger partial charge on any atom is 0.329 e. The molecule has 36 heavy (non-hydrogen) atoms. The largest absolute Gasteiger partial charge is 0.480 e. The first kappa shape index (κ1) is 26.4. The lowest BCUT2D eigenvalue weighted by Gasteiger charge is -2.24. The number of benzene rings is 2. The van der Waals surface area contributed by atoms with Crippen molar-refractivity contribution in [1.29, 1.82) is 0 Å². The van der Waals surface area contributed by atoms with E-state index < -0.39 is 47.2 Å². The second-order valence-electron chi connectivity index (χ2n) is 8.80. The number of amides is 2. The van der Waals surface area contributed by atoms with Gasteiger partial charge >= 0.3 is 11.7 Å². The van der Waals surface area contributed by atoms with Crippen LogP contribution in [0.25, 0.3) is 10.9 Å². The smallest absolute Gasteiger partial charge is 0.329 e. The molecule has 1 aromatic heterocycles. The van der Waals surface area contributed by atoms with Crippen LogP contribution in [-0.2, 0) is 20.8 Å². The number of para-hydroxylation sites is 1. The molecule has 0 bridgehead atoms. The number of aromatic nitrogens is 2. The van der Waals surface area contributed by atoms with E-state index in [1.807, 2.05) is 6.92 Å². The number of carboxylic acids is 1. The van der Waals surface area contributed by atoms with Gasteiger partial charge in [0.1, 0.15) is 18.1 Å². The molecule has 2 amide bonds. The van der Waals surface area contributed by atoms with E-state index in [1.54, 1.807) is 61.5 Å². The third-order valence-corrected chi connectivity index (χ3v) is 6.25. The van der Waals surface area contributed by atoms with Crippen molar-refractivity contribution in [2.24, 2.45) is 5.92 Å². The van der Waals surface area contributed by atoms with E-state index in [9.17, 15) is 29.1 Å². The molecule has 0 aliphatic carbocycles. The van der Waals surface area contributed by atoms with Crippen LogP contribution in [0.3, 0.4) is 0 Å². The molecule has 1 heterocycles. The van der Waals surface area contributed by atoms with Crippen LogP contribution in [0.4, 0.5) is 0 Å². The number of hydrogen-bond donors (Lipinski definition) is 4. The molecule has 0 saturated carbocycles. The van der Waals surface area contributed by atoms with Gasteiger partial charge in [-0.15, -0.1) is 0 Å². The van der Waals surface area contributed by atoms with Crippen molar-refractivity contribution >= 4 is 28.7 Å². The highest BCUT2D eigenvalue weighted by Crippen LogP contribution is 2.14. The van der Waals surface area contributed by atoms with E-state index in [0.29, 0.717) is 17.5 Å². The molecule has 0 spiro atoms. The molecule has 190 valence electrons. The zero-order chi connectivity index (χ0) is 26.4. The highest BCUT2D eigenvalue weighted by atomic mass is 16.4. The predicted octanol–water partition coefficient (Wildman–Crippen LogP) is 1.59. The van der Waals surface area contributed by atoms with Gasteiger partial charge in [0.2, 0.25) is 11.8 Å². The summed E-state index contributed by atoms with van der Waals surface area (Å²) in [7, 11) is 0. The topological polar surface area (TPSA) is 150 Å². The van der Waals surface area contributed by atoms with Crippen molar-refractivity contribution in [2.75, 3.05) is 0 Å². The second-order valence-corrected chi connectivity index (χ2v) is 8.80. The van der Waals surface area contributed by atoms with Crippen LogP contribution in [0.1, 0.15) is 38.8 Å². The summed E-state index contributed by atoms with van der Waals surface area (Å²) in [6.45, 7) is 4.93. The fraction of sp³-hybridized carbons (Fsp3) is 0.346. The van der Waals surface area contributed by atoms with Crippen molar-refractivity contribution in [1.82, 2.24) is 20.2 Å². The van der Waals surface area contributed by atoms with Gasteiger partial charge in [-0.05, 0) is 30.5 Å². The summed E-state index contributed by atoms with van der Waals surface area (Å²) in [5.74, 6) is -2.91. The Hall–Kier alpha value is -4.21. The van der Waals surface area contributed by atoms with Gasteiger partial charge in [-0.25, -0.2) is 14.2 Å². The van der Waals surface area contributed by atoms with E-state index >= 15 is 0 Å². The quantitative estimate of drug-likeness (QED) is 0.336. The van der Waals surface area contributed by atoms with Crippen molar-refractivity contribution in [3.05, 3.63) is 81.0 Å². The van der Waals surface area contributed by atoms with E-state index in [-0.39, 0.29) is 17.7 Å². The first-order valence-electron chi connectivity index (χ1n) is 11.7. The number of fused-ring (bicyclic) bond motifs is 1. The zero-order valence-electron chi connectivity index (χ0n) is 20.4. The maximum absolute atomic E-state index is 13.4. The van der Waals surface area contributed by atoms with Gasteiger partial charge in [0.05, 0.1) is 10.9 Å². The summed E-state index contributed by atoms with van der Waals surface area (Å²) in [5, 5.41) is 14.7. The molecular formula is C26H30N4O6. The fourth-order valence-corrected chi connectivity index (χ4v) is 3.93. The summed E-state index contributed by atoms with van der Waals surface area (Å²) in [6.07, 6.45) is 0.553. The molecule has 3 aromatic rings. The summed E-state index contributed by atoms with van der Waals surface area (Å²) in [4.78, 5) is 66.5. The van der Waals surface area contributed by atoms with Crippen molar-refractivity contribution in [3.63, 3.8) is 0 Å². The van der Waals surface area contributed by atoms with Crippen molar-refractivity contribution in [3.8, 4) is 0 Å². The molecule has 4 atom stereocenters. The van der Waals surface area contributed by atoms with Crippen LogP contribution in [-0.4, -0.2) is 44.5 Å². The van der Waals surface area contributed by atoms with Gasteiger partial charge in [-0.3, -0.25) is 14.4 Å². The lowest BCUT2D eigenvalue weighted by Crippen LogP contribution is -2.54. The number of H-pyrrole nitrogens is 1. The lowest BCUT2D eigenvalue weighted by molar-refractivity contribution is -0.143. The molecule has 10 heteroatoms. The average molecular weight is 495 g/mol. The number of aromatic amines is 1. The number of carboxylic acid groups (broad SMARTS) is 1. The third-order valence-electron chi connectivity index (χ3n) is 6.25. The number of carbonyl (C=O) groups excluding carboxylic acids is 2. The summed E-state index contributed by atoms with van der Waals surface area (Å²) < 4.78 is 0.856. The Kier molecular flexibility index (Phi) is 8.42. The Morgan fingerprint density at radius 3 is 2.22 bits per heavy atom. The normalized spacial score (nSPS) is 14.4. The molecule has 2 aromatic carbocycles. The Balaban J connectivity index is 1.94. The van der Waals surface area contributed by atoms with Gasteiger partial charge in [0.25, 0.3) is 5.56 Å². The van der Waals surface area contributed by atoms with Crippen LogP contribution in [0.15, 0.2) is 64.2 Å². The van der Waals surface area contributed by atoms with E-state index in [2.05, 4.69) is 15.6 Å². The minimum atomic E-state index is -1.26. The minimum absolute atomic E-state index is 0.0208. The van der Waals surface area contributed by atoms with Crippen LogP contribution >= 0.6 is 0 Å². The molecule has 0 unspecified atom stereocenters. The van der Waals surface area contributed by atoms with Gasteiger partial charge in [-0.1, -0.05) is 62.7 Å². The molecule has 0 aliphatic rings. The standard InChI is InChI=1S/C26H30N4O6/c1-4-15(2)21(25(34)35)29-22(31)16(3)27-23(32)20(14-17-10-6-5-7-11-17)30-24(33)18-12-8-9-13-19(18)28-26(30)36/h5-13,15-16,20-21H,4,14H2,1-3H3,(H,27,32)(H,28,36)(H,29,31)(H,34,35)/t15-,16-,20-,21-/m0/s1. The molecule has 0 radical (unpaired) electrons. The summed E-state index contributed by atoms with van der Waals surface area (Å²) in [5.41, 5.74) is -0.336. The highest BCUT2D eigenvalue weighted by molar-refractivity contribution is 5.91. The van der Waals surface area contributed by atoms with Gasteiger partial charge in [0.15, 0.2) is 0 Å². The number of aliphatic carboxylic acids is 1. The summed E-state index contributed by atoms with van der Waals surface area (Å²) in [6, 6.07) is 11.9. The molecular weight excluding hydrogens is 464 g/mol. The Bertz CT molecular complexity index is 1360. The monoisotopic (exact) mass is 494 g/mol. The lowest BCUT2D eigenvalue weighted by atomic mass is 9.99. The maximum atomic E-state index is 13.4. The van der Waals surface area contributed by atoms with E-state index in [1.165, 1.54) is 6.92 Å². The average Bonchev–Trinajstić information content (AvgIpc) is 2.86. The zero-order valence-corrected chi connectivity index (χ0v) is 20.4. The van der Waals surface area contributed by atoms with E-state index in [0.717, 1.165) is 4.57 Å². The van der Waals surface area contributed by atoms with Crippen LogP contribution < -0.4 is 21.9 Å². The first-order chi connectivity index (χ1) is 17.1. The second kappa shape index (κ2) is 11.5. The molecule has 0 fully saturated rings. The van der Waals surface area contributed by atoms with Crippen molar-refractivity contribution < 1.29 is 19.5 Å². The molecule has 0 saturated heterocycles. The molecule has 4 N–H and O–H groups in total. The van der Waals surface area contributed by atoms with Gasteiger partial charge in [0, 0.05) is 6.42 Å². The van der Waals surface area contributed by atoms with Gasteiger partial charge in [-0.2, -0.15) is 0 Å². The van der Waals surface area contributed by atoms with E-state index in [4.69, 9.17) is 0 Å². The number of nitrogens with one attached hydrogen (secondary N) is 3. The molecule has 3 rings (SSSR count). The Morgan fingerprint density at radius 1 is 0.944 bits per heavy atom. The van der Waals surface area contributed by atoms with Crippen molar-refractivity contribution in [2.45, 2.75) is 51.7 Å². The first-order valence-corrected chi connectivity index (χ1v) is 11.7. The Morgan fingerprint density at radius 2 is 1.58 bits per heavy atom. The number of rotatable bonds is 10. The Labute approximate surface area is 207 Å². The van der Waals surface area contributed by atoms with Crippen LogP contribution in [0, 0.1) is 5.92 Å². The summed E-state index contributed by atoms with van der Waals surface area (Å²) >= 11 is 0. The van der Waals surface area contributed by atoms with Crippen LogP contribution in [0.5, 0.6) is 0 Å². The SMILES string of the molecule is CC[C@H](C)[C@H](NC(=O)[C@H](C)NC(=O)[C@H](Cc1ccccc1)n1c(=O)[nH]c2ccccc2c1=O)C(=O)O. The highest BCUT2D eigenvalue weighted by Gasteiger charge is 2.31. The number of hydrogen-bond acceptors (Lipinski definition) is 5. The van der Waals surface area contributed by atoms with Gasteiger partial charge < -0.3 is 20.7 Å². The predicted molar refractivity (Wildman–Crippen MR) is 135 cm³/mol. The number of nitrogens with zero attached hydrogens (tertiary/aromatic N) is 1. The van der Waals surface area contributed by atoms with Crippen LogP contribution in [0.2, 0.25) is 0 Å². The minimum Gasteiger partial charge on any atom is -0.480 e. The molecule has 0 aliphatic heterocycles. The number of carbonyl (C=O) groups is 3. The fourth-order valence-electron chi connectivity index (χ4n) is 3.93.